The van der Waals surface area contributed by atoms with Crippen LogP contribution in [0.4, 0.5) is 0 Å². The van der Waals surface area contributed by atoms with Crippen molar-refractivity contribution in [3.63, 3.8) is 0 Å². The summed E-state index contributed by atoms with van der Waals surface area (Å²) in [6, 6.07) is 8.06. The highest BCUT2D eigenvalue weighted by Gasteiger charge is 2.30. The van der Waals surface area contributed by atoms with Crippen molar-refractivity contribution >= 4 is 29.6 Å². The summed E-state index contributed by atoms with van der Waals surface area (Å²) in [5, 5.41) is 28.1. The summed E-state index contributed by atoms with van der Waals surface area (Å²) in [6.45, 7) is 4.30. The van der Waals surface area contributed by atoms with Gasteiger partial charge < -0.3 is 49.3 Å². The number of benzene rings is 2. The molecule has 0 aliphatic rings. The third-order valence-electron chi connectivity index (χ3n) is 7.59. The van der Waals surface area contributed by atoms with E-state index < -0.39 is 47.8 Å². The Morgan fingerprint density at radius 1 is 0.804 bits per heavy atom. The first kappa shape index (κ1) is 37.5. The van der Waals surface area contributed by atoms with Gasteiger partial charge in [0.2, 0.25) is 23.6 Å². The lowest BCUT2D eigenvalue weighted by Crippen LogP contribution is -2.58. The Bertz CT molecular complexity index is 1320. The first-order chi connectivity index (χ1) is 21.8. The van der Waals surface area contributed by atoms with Gasteiger partial charge in [0.15, 0.2) is 5.96 Å². The van der Waals surface area contributed by atoms with E-state index in [1.54, 1.807) is 26.0 Å². The minimum atomic E-state index is -1.13. The van der Waals surface area contributed by atoms with E-state index in [2.05, 4.69) is 21.3 Å². The Hall–Kier alpha value is -4.69. The van der Waals surface area contributed by atoms with Crippen LogP contribution in [0.25, 0.3) is 0 Å². The third kappa shape index (κ3) is 12.7. The van der Waals surface area contributed by atoms with Gasteiger partial charge in [-0.05, 0) is 86.9 Å². The molecule has 2 aromatic rings. The molecule has 14 N–H and O–H groups in total. The second kappa shape index (κ2) is 19.0. The average Bonchev–Trinajstić information content (AvgIpc) is 2.99. The van der Waals surface area contributed by atoms with E-state index in [4.69, 9.17) is 28.3 Å². The Labute approximate surface area is 269 Å². The van der Waals surface area contributed by atoms with Crippen LogP contribution in [0.15, 0.2) is 42.5 Å². The predicted octanol–water partition coefficient (Wildman–Crippen LogP) is -0.546. The summed E-state index contributed by atoms with van der Waals surface area (Å²) in [5.74, 6) is -2.64. The number of nitrogens with two attached hydrogens (primary N) is 4. The number of rotatable bonds is 19. The van der Waals surface area contributed by atoms with Crippen molar-refractivity contribution in [2.24, 2.45) is 22.9 Å². The Kier molecular flexibility index (Phi) is 15.5. The number of guanidine groups is 1. The fourth-order valence-corrected chi connectivity index (χ4v) is 5.04. The van der Waals surface area contributed by atoms with Crippen molar-refractivity contribution in [1.29, 1.82) is 5.41 Å². The smallest absolute Gasteiger partial charge is 0.243 e. The maximum Gasteiger partial charge on any atom is 0.243 e. The van der Waals surface area contributed by atoms with Crippen molar-refractivity contribution in [2.45, 2.75) is 83.0 Å². The molecule has 4 atom stereocenters. The molecule has 1 unspecified atom stereocenters. The van der Waals surface area contributed by atoms with E-state index in [-0.39, 0.29) is 37.4 Å². The van der Waals surface area contributed by atoms with Gasteiger partial charge in [-0.2, -0.15) is 0 Å². The van der Waals surface area contributed by atoms with E-state index >= 15 is 0 Å². The van der Waals surface area contributed by atoms with Gasteiger partial charge in [0.1, 0.15) is 23.9 Å². The topological polar surface area (TPSA) is 265 Å². The molecule has 0 aliphatic carbocycles. The van der Waals surface area contributed by atoms with Gasteiger partial charge in [-0.25, -0.2) is 0 Å². The summed E-state index contributed by atoms with van der Waals surface area (Å²) in [6.07, 6.45) is 2.29. The van der Waals surface area contributed by atoms with E-state index in [1.807, 2.05) is 30.3 Å². The van der Waals surface area contributed by atoms with E-state index in [1.165, 1.54) is 0 Å². The molecule has 0 bridgehead atoms. The summed E-state index contributed by atoms with van der Waals surface area (Å²) in [7, 11) is 0. The number of phenolic OH excluding ortho intramolecular Hbond substituents is 1. The maximum absolute atomic E-state index is 13.8. The highest BCUT2D eigenvalue weighted by Crippen LogP contribution is 2.22. The number of carbonyl (C=O) groups is 4. The van der Waals surface area contributed by atoms with Crippen LogP contribution in [0.5, 0.6) is 5.75 Å². The van der Waals surface area contributed by atoms with Crippen LogP contribution < -0.4 is 44.2 Å². The zero-order valence-corrected chi connectivity index (χ0v) is 26.6. The van der Waals surface area contributed by atoms with E-state index in [0.29, 0.717) is 43.5 Å². The molecule has 0 radical (unpaired) electrons. The molecule has 0 saturated heterocycles. The fraction of sp³-hybridized carbons (Fsp3) is 0.469. The number of amides is 4. The summed E-state index contributed by atoms with van der Waals surface area (Å²) in [4.78, 5) is 52.7. The monoisotopic (exact) mass is 639 g/mol. The number of aryl methyl sites for hydroxylation is 2. The largest absolute Gasteiger partial charge is 0.508 e. The molecule has 0 saturated carbocycles. The van der Waals surface area contributed by atoms with Gasteiger partial charge in [-0.15, -0.1) is 0 Å². The van der Waals surface area contributed by atoms with Crippen LogP contribution >= 0.6 is 0 Å². The summed E-state index contributed by atoms with van der Waals surface area (Å²) < 4.78 is 0. The van der Waals surface area contributed by atoms with Crippen LogP contribution in [0, 0.1) is 19.3 Å². The first-order valence-corrected chi connectivity index (χ1v) is 15.4. The van der Waals surface area contributed by atoms with Crippen LogP contribution in [0.1, 0.15) is 54.4 Å². The number of primary amides is 1. The third-order valence-corrected chi connectivity index (χ3v) is 7.59. The number of unbranched alkanes of at least 4 members (excludes halogenated alkanes) is 1. The standard InChI is InChI=1S/C32H49N9O5/c1-19-15-22(42)16-20(2)23(19)18-27(41-29(44)24(34)11-8-14-38-32(36)37)31(46)39-25(12-6-7-13-33)30(45)40-26(28(35)43)17-21-9-4-3-5-10-21/h3-5,9-10,15-16,24-27,42H,6-8,11-14,17-18,33-34H2,1-2H3,(H2,35,43)(H,39,46)(H,40,45)(H,41,44)(H4,36,37,38)/t24-,25+,26+,27?/m1/s1. The Morgan fingerprint density at radius 3 is 1.98 bits per heavy atom. The normalized spacial score (nSPS) is 13.5. The maximum atomic E-state index is 13.8. The number of aromatic hydroxyl groups is 1. The molecule has 0 aliphatic heterocycles. The summed E-state index contributed by atoms with van der Waals surface area (Å²) in [5.41, 5.74) is 25.7. The van der Waals surface area contributed by atoms with Gasteiger partial charge in [-0.1, -0.05) is 30.3 Å². The molecule has 2 aromatic carbocycles. The number of hydrogen-bond acceptors (Lipinski definition) is 8. The van der Waals surface area contributed by atoms with Crippen molar-refractivity contribution in [3.05, 3.63) is 64.7 Å². The lowest BCUT2D eigenvalue weighted by atomic mass is 9.95. The van der Waals surface area contributed by atoms with Gasteiger partial charge in [0, 0.05) is 19.4 Å². The lowest BCUT2D eigenvalue weighted by molar-refractivity contribution is -0.133. The van der Waals surface area contributed by atoms with Crippen molar-refractivity contribution in [3.8, 4) is 5.75 Å². The minimum absolute atomic E-state index is 0.0587. The van der Waals surface area contributed by atoms with E-state index in [0.717, 1.165) is 11.1 Å². The Morgan fingerprint density at radius 2 is 1.39 bits per heavy atom. The van der Waals surface area contributed by atoms with E-state index in [9.17, 15) is 24.3 Å². The molecule has 0 spiro atoms. The number of carbonyl (C=O) groups excluding carboxylic acids is 4. The fourth-order valence-electron chi connectivity index (χ4n) is 5.04. The van der Waals surface area contributed by atoms with Gasteiger partial charge in [-0.3, -0.25) is 24.6 Å². The molecule has 4 amide bonds. The zero-order valence-electron chi connectivity index (χ0n) is 26.6. The number of nitrogens with one attached hydrogen (secondary N) is 5. The minimum Gasteiger partial charge on any atom is -0.508 e. The molecule has 14 nitrogen and oxygen atoms in total. The molecule has 252 valence electrons. The lowest BCUT2D eigenvalue weighted by Gasteiger charge is -2.26. The predicted molar refractivity (Wildman–Crippen MR) is 176 cm³/mol. The molecule has 0 fully saturated rings. The van der Waals surface area contributed by atoms with Crippen LogP contribution in [-0.4, -0.2) is 72.0 Å². The van der Waals surface area contributed by atoms with Gasteiger partial charge in [0.25, 0.3) is 0 Å². The van der Waals surface area contributed by atoms with Gasteiger partial charge in [0.05, 0.1) is 6.04 Å². The van der Waals surface area contributed by atoms with Crippen molar-refractivity contribution < 1.29 is 24.3 Å². The molecule has 0 aromatic heterocycles. The zero-order chi connectivity index (χ0) is 34.2. The molecule has 0 heterocycles. The quantitative estimate of drug-likeness (QED) is 0.0536. The molecule has 46 heavy (non-hydrogen) atoms. The Balaban J connectivity index is 2.29. The SMILES string of the molecule is Cc1cc(O)cc(C)c1CC(NC(=O)[C@H](N)CCCNC(=N)N)C(=O)N[C@@H](CCCCN)C(=O)N[C@@H](Cc1ccccc1)C(N)=O. The molecule has 14 heteroatoms. The first-order valence-electron chi connectivity index (χ1n) is 15.4. The molecular formula is C32H49N9O5. The van der Waals surface area contributed by atoms with Crippen LogP contribution in [0.2, 0.25) is 0 Å². The number of phenols is 1. The summed E-state index contributed by atoms with van der Waals surface area (Å²) >= 11 is 0. The highest BCUT2D eigenvalue weighted by molar-refractivity contribution is 5.94. The van der Waals surface area contributed by atoms with Gasteiger partial charge >= 0.3 is 0 Å². The van der Waals surface area contributed by atoms with Crippen LogP contribution in [-0.2, 0) is 32.0 Å². The van der Waals surface area contributed by atoms with Crippen molar-refractivity contribution in [2.75, 3.05) is 13.1 Å². The number of hydrogen-bond donors (Lipinski definition) is 10. The highest BCUT2D eigenvalue weighted by atomic mass is 16.3. The average molecular weight is 640 g/mol. The molecule has 2 rings (SSSR count). The van der Waals surface area contributed by atoms with Crippen LogP contribution in [0.3, 0.4) is 0 Å². The second-order valence-corrected chi connectivity index (χ2v) is 11.4. The van der Waals surface area contributed by atoms with Crippen molar-refractivity contribution in [1.82, 2.24) is 21.3 Å². The second-order valence-electron chi connectivity index (χ2n) is 11.4. The molecular weight excluding hydrogens is 590 g/mol.